The van der Waals surface area contributed by atoms with Crippen molar-refractivity contribution in [1.82, 2.24) is 4.72 Å². The van der Waals surface area contributed by atoms with Gasteiger partial charge in [-0.3, -0.25) is 4.72 Å². The summed E-state index contributed by atoms with van der Waals surface area (Å²) >= 11 is 0. The van der Waals surface area contributed by atoms with E-state index in [1.807, 2.05) is 6.92 Å². The number of aryl methyl sites for hydroxylation is 1. The molecule has 0 saturated carbocycles. The predicted octanol–water partition coefficient (Wildman–Crippen LogP) is 2.00. The fourth-order valence-electron chi connectivity index (χ4n) is 1.76. The van der Waals surface area contributed by atoms with Gasteiger partial charge in [-0.2, -0.15) is 13.1 Å². The van der Waals surface area contributed by atoms with E-state index in [0.29, 0.717) is 17.7 Å². The van der Waals surface area contributed by atoms with Crippen LogP contribution in [0, 0.1) is 0 Å². The van der Waals surface area contributed by atoms with E-state index in [1.165, 1.54) is 6.08 Å². The Morgan fingerprint density at radius 3 is 2.57 bits per heavy atom. The minimum absolute atomic E-state index is 0.203. The fourth-order valence-corrected chi connectivity index (χ4v) is 2.93. The van der Waals surface area contributed by atoms with Crippen LogP contribution in [-0.2, 0) is 21.4 Å². The molecule has 3 N–H and O–H groups in total. The quantitative estimate of drug-likeness (QED) is 0.671. The number of anilines is 1. The Kier molecular flexibility index (Phi) is 5.92. The van der Waals surface area contributed by atoms with Crippen LogP contribution in [0.25, 0.3) is 6.08 Å². The van der Waals surface area contributed by atoms with E-state index in [0.717, 1.165) is 11.6 Å². The van der Waals surface area contributed by atoms with E-state index < -0.39 is 16.2 Å². The number of benzene rings is 1. The molecular formula is C14H20N2O4S. The number of aliphatic carboxylic acids is 1. The lowest BCUT2D eigenvalue weighted by Gasteiger charge is -2.14. The molecule has 7 heteroatoms. The van der Waals surface area contributed by atoms with Gasteiger partial charge in [-0.25, -0.2) is 4.79 Å². The summed E-state index contributed by atoms with van der Waals surface area (Å²) in [6.45, 7) is 5.37. The van der Waals surface area contributed by atoms with Crippen LogP contribution in [0.1, 0.15) is 31.9 Å². The van der Waals surface area contributed by atoms with Crippen molar-refractivity contribution in [3.05, 3.63) is 35.4 Å². The topological polar surface area (TPSA) is 95.5 Å². The van der Waals surface area contributed by atoms with E-state index in [1.54, 1.807) is 32.0 Å². The molecule has 0 aromatic heterocycles. The van der Waals surface area contributed by atoms with E-state index in [2.05, 4.69) is 9.44 Å². The van der Waals surface area contributed by atoms with Crippen LogP contribution in [0.3, 0.4) is 0 Å². The third kappa shape index (κ3) is 5.97. The van der Waals surface area contributed by atoms with E-state index >= 15 is 0 Å². The molecular weight excluding hydrogens is 292 g/mol. The molecule has 0 aliphatic heterocycles. The lowest BCUT2D eigenvalue weighted by Crippen LogP contribution is -2.35. The summed E-state index contributed by atoms with van der Waals surface area (Å²) < 4.78 is 28.7. The number of hydrogen-bond donors (Lipinski definition) is 3. The van der Waals surface area contributed by atoms with Gasteiger partial charge >= 0.3 is 5.97 Å². The molecule has 1 rings (SSSR count). The first-order valence-corrected chi connectivity index (χ1v) is 8.06. The first-order chi connectivity index (χ1) is 9.73. The molecule has 0 aliphatic carbocycles. The highest BCUT2D eigenvalue weighted by atomic mass is 32.2. The molecule has 0 heterocycles. The molecule has 0 fully saturated rings. The Bertz CT molecular complexity index is 636. The number of carboxylic acid groups (broad SMARTS) is 1. The largest absolute Gasteiger partial charge is 0.478 e. The molecule has 0 amide bonds. The van der Waals surface area contributed by atoms with Crippen molar-refractivity contribution in [1.29, 1.82) is 0 Å². The van der Waals surface area contributed by atoms with Gasteiger partial charge < -0.3 is 5.11 Å². The van der Waals surface area contributed by atoms with Crippen LogP contribution < -0.4 is 9.44 Å². The molecule has 0 radical (unpaired) electrons. The van der Waals surface area contributed by atoms with Gasteiger partial charge in [-0.15, -0.1) is 0 Å². The summed E-state index contributed by atoms with van der Waals surface area (Å²) in [5.74, 6) is -1.03. The highest BCUT2D eigenvalue weighted by Crippen LogP contribution is 2.20. The summed E-state index contributed by atoms with van der Waals surface area (Å²) in [5.41, 5.74) is 1.98. The van der Waals surface area contributed by atoms with Gasteiger partial charge in [0.1, 0.15) is 0 Å². The zero-order valence-corrected chi connectivity index (χ0v) is 13.1. The Labute approximate surface area is 125 Å². The molecule has 0 aliphatic rings. The van der Waals surface area contributed by atoms with E-state index in [9.17, 15) is 13.2 Å². The van der Waals surface area contributed by atoms with Gasteiger partial charge in [-0.1, -0.05) is 13.0 Å². The maximum Gasteiger partial charge on any atom is 0.328 e. The lowest BCUT2D eigenvalue weighted by molar-refractivity contribution is -0.131. The molecule has 6 nitrogen and oxygen atoms in total. The third-order valence-corrected chi connectivity index (χ3v) is 3.83. The number of carboxylic acids is 1. The molecule has 116 valence electrons. The van der Waals surface area contributed by atoms with Crippen LogP contribution >= 0.6 is 0 Å². The Balaban J connectivity index is 3.02. The van der Waals surface area contributed by atoms with Gasteiger partial charge in [0.15, 0.2) is 0 Å². The van der Waals surface area contributed by atoms with Crippen LogP contribution in [-0.4, -0.2) is 25.5 Å². The SMILES string of the molecule is CCc1cc(/C=C/C(=O)O)ccc1NS(=O)(=O)NC(C)C. The summed E-state index contributed by atoms with van der Waals surface area (Å²) in [6, 6.07) is 4.84. The lowest BCUT2D eigenvalue weighted by atomic mass is 10.1. The summed E-state index contributed by atoms with van der Waals surface area (Å²) in [7, 11) is -3.62. The maximum absolute atomic E-state index is 11.9. The van der Waals surface area contributed by atoms with Crippen molar-refractivity contribution >= 4 is 27.9 Å². The van der Waals surface area contributed by atoms with Crippen LogP contribution in [0.5, 0.6) is 0 Å². The molecule has 0 bridgehead atoms. The van der Waals surface area contributed by atoms with Crippen molar-refractivity contribution in [2.75, 3.05) is 4.72 Å². The number of carbonyl (C=O) groups is 1. The standard InChI is InChI=1S/C14H20N2O4S/c1-4-12-9-11(6-8-14(17)18)5-7-13(12)16-21(19,20)15-10(2)3/h5-10,15-16H,4H2,1-3H3,(H,17,18)/b8-6+. The van der Waals surface area contributed by atoms with Crippen LogP contribution in [0.15, 0.2) is 24.3 Å². The molecule has 1 aromatic carbocycles. The average molecular weight is 312 g/mol. The Morgan fingerprint density at radius 1 is 1.38 bits per heavy atom. The molecule has 0 atom stereocenters. The van der Waals surface area contributed by atoms with E-state index in [4.69, 9.17) is 5.11 Å². The van der Waals surface area contributed by atoms with Crippen molar-refractivity contribution in [2.45, 2.75) is 33.2 Å². The third-order valence-electron chi connectivity index (χ3n) is 2.56. The summed E-state index contributed by atoms with van der Waals surface area (Å²) in [4.78, 5) is 10.5. The highest BCUT2D eigenvalue weighted by Gasteiger charge is 2.13. The van der Waals surface area contributed by atoms with Gasteiger partial charge in [-0.05, 0) is 49.6 Å². The molecule has 1 aromatic rings. The van der Waals surface area contributed by atoms with Crippen LogP contribution in [0.4, 0.5) is 5.69 Å². The maximum atomic E-state index is 11.9. The van der Waals surface area contributed by atoms with Crippen molar-refractivity contribution < 1.29 is 18.3 Å². The van der Waals surface area contributed by atoms with Crippen molar-refractivity contribution in [2.24, 2.45) is 0 Å². The Hall–Kier alpha value is -1.86. The highest BCUT2D eigenvalue weighted by molar-refractivity contribution is 7.90. The van der Waals surface area contributed by atoms with Crippen molar-refractivity contribution in [3.8, 4) is 0 Å². The fraction of sp³-hybridized carbons (Fsp3) is 0.357. The first kappa shape index (κ1) is 17.2. The second-order valence-corrected chi connectivity index (χ2v) is 6.27. The minimum Gasteiger partial charge on any atom is -0.478 e. The molecule has 0 unspecified atom stereocenters. The molecule has 21 heavy (non-hydrogen) atoms. The normalized spacial score (nSPS) is 12.0. The summed E-state index contributed by atoms with van der Waals surface area (Å²) in [6.07, 6.45) is 3.12. The van der Waals surface area contributed by atoms with E-state index in [-0.39, 0.29) is 6.04 Å². The van der Waals surface area contributed by atoms with Crippen molar-refractivity contribution in [3.63, 3.8) is 0 Å². The number of rotatable bonds is 7. The monoisotopic (exact) mass is 312 g/mol. The zero-order chi connectivity index (χ0) is 16.0. The van der Waals surface area contributed by atoms with Gasteiger partial charge in [0.2, 0.25) is 0 Å². The van der Waals surface area contributed by atoms with Gasteiger partial charge in [0, 0.05) is 12.1 Å². The smallest absolute Gasteiger partial charge is 0.328 e. The number of hydrogen-bond acceptors (Lipinski definition) is 3. The summed E-state index contributed by atoms with van der Waals surface area (Å²) in [5, 5.41) is 8.61. The molecule has 0 spiro atoms. The zero-order valence-electron chi connectivity index (χ0n) is 12.3. The molecule has 0 saturated heterocycles. The second-order valence-electron chi connectivity index (χ2n) is 4.82. The van der Waals surface area contributed by atoms with Gasteiger partial charge in [0.05, 0.1) is 5.69 Å². The first-order valence-electron chi connectivity index (χ1n) is 6.57. The number of nitrogens with one attached hydrogen (secondary N) is 2. The second kappa shape index (κ2) is 7.24. The van der Waals surface area contributed by atoms with Gasteiger partial charge in [0.25, 0.3) is 10.2 Å². The average Bonchev–Trinajstić information content (AvgIpc) is 2.35. The predicted molar refractivity (Wildman–Crippen MR) is 83.3 cm³/mol. The van der Waals surface area contributed by atoms with Crippen LogP contribution in [0.2, 0.25) is 0 Å². The Morgan fingerprint density at radius 2 is 2.05 bits per heavy atom. The minimum atomic E-state index is -3.62.